The van der Waals surface area contributed by atoms with Crippen molar-refractivity contribution in [2.45, 2.75) is 38.1 Å². The molecule has 6 rings (SSSR count). The van der Waals surface area contributed by atoms with Gasteiger partial charge >= 0.3 is 0 Å². The smallest absolute Gasteiger partial charge is 0.141 e. The van der Waals surface area contributed by atoms with Crippen molar-refractivity contribution < 1.29 is 0 Å². The summed E-state index contributed by atoms with van der Waals surface area (Å²) >= 11 is 1.75. The zero-order valence-electron chi connectivity index (χ0n) is 16.8. The van der Waals surface area contributed by atoms with Crippen LogP contribution in [0.1, 0.15) is 37.4 Å². The van der Waals surface area contributed by atoms with E-state index in [0.29, 0.717) is 11.8 Å². The third kappa shape index (κ3) is 3.37. The van der Waals surface area contributed by atoms with Crippen molar-refractivity contribution in [3.63, 3.8) is 0 Å². The Hall–Kier alpha value is -2.80. The van der Waals surface area contributed by atoms with Crippen LogP contribution in [0.2, 0.25) is 0 Å². The largest absolute Gasteiger partial charge is 0.356 e. The second-order valence-electron chi connectivity index (χ2n) is 8.43. The molecule has 2 fully saturated rings. The number of fused-ring (bicyclic) bond motifs is 1. The Balaban J connectivity index is 1.34. The van der Waals surface area contributed by atoms with Crippen LogP contribution in [-0.4, -0.2) is 38.1 Å². The molecule has 0 unspecified atom stereocenters. The van der Waals surface area contributed by atoms with Gasteiger partial charge in [0.1, 0.15) is 16.5 Å². The number of hydrogen-bond acceptors (Lipinski definition) is 6. The predicted molar refractivity (Wildman–Crippen MR) is 120 cm³/mol. The molecule has 6 nitrogen and oxygen atoms in total. The average Bonchev–Trinajstić information content (AvgIpc) is 3.35. The lowest BCUT2D eigenvalue weighted by atomic mass is 9.96. The first-order valence-corrected chi connectivity index (χ1v) is 11.7. The molecule has 4 heterocycles. The maximum absolute atomic E-state index is 5.14. The van der Waals surface area contributed by atoms with Crippen LogP contribution >= 0.6 is 11.3 Å². The molecule has 0 amide bonds. The third-order valence-electron chi connectivity index (χ3n) is 6.29. The molecule has 7 heteroatoms. The number of rotatable bonds is 5. The Labute approximate surface area is 179 Å². The zero-order valence-corrected chi connectivity index (χ0v) is 17.6. The minimum atomic E-state index is 0.556. The second-order valence-corrected chi connectivity index (χ2v) is 9.29. The van der Waals surface area contributed by atoms with Gasteiger partial charge in [0.05, 0.1) is 11.6 Å². The first-order valence-electron chi connectivity index (χ1n) is 10.8. The second kappa shape index (κ2) is 7.47. The van der Waals surface area contributed by atoms with Crippen molar-refractivity contribution in [2.24, 2.45) is 5.92 Å². The molecule has 0 bridgehead atoms. The highest BCUT2D eigenvalue weighted by atomic mass is 32.1. The molecule has 1 aliphatic heterocycles. The zero-order chi connectivity index (χ0) is 19.9. The number of anilines is 1. The monoisotopic (exact) mass is 416 g/mol. The summed E-state index contributed by atoms with van der Waals surface area (Å²) in [7, 11) is 0. The van der Waals surface area contributed by atoms with Gasteiger partial charge in [0, 0.05) is 42.7 Å². The number of nitrogens with zero attached hydrogens (tertiary/aromatic N) is 6. The molecule has 0 atom stereocenters. The summed E-state index contributed by atoms with van der Waals surface area (Å²) in [5, 5.41) is 11.6. The van der Waals surface area contributed by atoms with Crippen LogP contribution in [0.3, 0.4) is 0 Å². The van der Waals surface area contributed by atoms with Crippen molar-refractivity contribution in [3.8, 4) is 11.1 Å². The van der Waals surface area contributed by atoms with Crippen LogP contribution in [0, 0.1) is 5.92 Å². The Bertz CT molecular complexity index is 1140. The fourth-order valence-electron chi connectivity index (χ4n) is 4.44. The molecular formula is C23H24N6S. The lowest BCUT2D eigenvalue weighted by Gasteiger charge is -2.33. The molecular weight excluding hydrogens is 392 g/mol. The highest BCUT2D eigenvalue weighted by Crippen LogP contribution is 2.44. The number of aromatic nitrogens is 5. The number of hydrogen-bond donors (Lipinski definition) is 0. The van der Waals surface area contributed by atoms with Crippen molar-refractivity contribution in [1.82, 2.24) is 25.0 Å². The molecule has 1 saturated carbocycles. The van der Waals surface area contributed by atoms with Gasteiger partial charge in [-0.15, -0.1) is 16.4 Å². The van der Waals surface area contributed by atoms with E-state index in [1.54, 1.807) is 17.5 Å². The fourth-order valence-corrected chi connectivity index (χ4v) is 5.39. The van der Waals surface area contributed by atoms with E-state index in [1.807, 2.05) is 10.9 Å². The van der Waals surface area contributed by atoms with Gasteiger partial charge in [-0.3, -0.25) is 4.68 Å². The minimum absolute atomic E-state index is 0.556. The summed E-state index contributed by atoms with van der Waals surface area (Å²) in [5.74, 6) is 3.38. The summed E-state index contributed by atoms with van der Waals surface area (Å²) in [6, 6.07) is 10.6. The Kier molecular flexibility index (Phi) is 4.48. The van der Waals surface area contributed by atoms with E-state index >= 15 is 0 Å². The van der Waals surface area contributed by atoms with E-state index in [-0.39, 0.29) is 0 Å². The SMILES string of the molecule is c1ccc(-c2csc3nc(C4CC4)nc(N4CCC(Cn5ccnn5)CC4)c23)cc1. The van der Waals surface area contributed by atoms with Gasteiger partial charge in [-0.25, -0.2) is 9.97 Å². The predicted octanol–water partition coefficient (Wildman–Crippen LogP) is 4.74. The van der Waals surface area contributed by atoms with E-state index in [1.165, 1.54) is 29.4 Å². The number of benzene rings is 1. The van der Waals surface area contributed by atoms with Crippen LogP contribution in [0.4, 0.5) is 5.82 Å². The molecule has 1 aromatic carbocycles. The molecule has 0 spiro atoms. The summed E-state index contributed by atoms with van der Waals surface area (Å²) in [5.41, 5.74) is 2.51. The van der Waals surface area contributed by atoms with Gasteiger partial charge in [0.15, 0.2) is 0 Å². The minimum Gasteiger partial charge on any atom is -0.356 e. The van der Waals surface area contributed by atoms with Gasteiger partial charge in [-0.2, -0.15) is 0 Å². The number of piperidine rings is 1. The Morgan fingerprint density at radius 3 is 2.57 bits per heavy atom. The third-order valence-corrected chi connectivity index (χ3v) is 7.16. The van der Waals surface area contributed by atoms with Crippen molar-refractivity contribution >= 4 is 27.4 Å². The van der Waals surface area contributed by atoms with Gasteiger partial charge in [0.25, 0.3) is 0 Å². The molecule has 30 heavy (non-hydrogen) atoms. The highest BCUT2D eigenvalue weighted by molar-refractivity contribution is 7.17. The Morgan fingerprint density at radius 1 is 1.00 bits per heavy atom. The van der Waals surface area contributed by atoms with Crippen molar-refractivity contribution in [1.29, 1.82) is 0 Å². The van der Waals surface area contributed by atoms with E-state index in [0.717, 1.165) is 48.9 Å². The molecule has 0 radical (unpaired) electrons. The molecule has 1 aliphatic carbocycles. The topological polar surface area (TPSA) is 59.7 Å². The molecule has 1 saturated heterocycles. The van der Waals surface area contributed by atoms with E-state index in [9.17, 15) is 0 Å². The average molecular weight is 417 g/mol. The summed E-state index contributed by atoms with van der Waals surface area (Å²) in [4.78, 5) is 13.7. The number of thiophene rings is 1. The first kappa shape index (κ1) is 18.0. The van der Waals surface area contributed by atoms with Crippen LogP contribution in [0.15, 0.2) is 48.1 Å². The quantitative estimate of drug-likeness (QED) is 0.470. The van der Waals surface area contributed by atoms with E-state index in [4.69, 9.17) is 9.97 Å². The van der Waals surface area contributed by atoms with Crippen LogP contribution in [0.25, 0.3) is 21.3 Å². The normalized spacial score (nSPS) is 17.7. The Morgan fingerprint density at radius 2 is 1.83 bits per heavy atom. The van der Waals surface area contributed by atoms with E-state index in [2.05, 4.69) is 50.9 Å². The summed E-state index contributed by atoms with van der Waals surface area (Å²) in [6.45, 7) is 3.01. The van der Waals surface area contributed by atoms with Crippen molar-refractivity contribution in [3.05, 3.63) is 53.9 Å². The molecule has 4 aromatic rings. The summed E-state index contributed by atoms with van der Waals surface area (Å²) < 4.78 is 1.96. The van der Waals surface area contributed by atoms with Crippen LogP contribution in [-0.2, 0) is 6.54 Å². The standard InChI is InChI=1S/C23H24N6S/c1-2-4-17(5-3-1)19-15-30-23-20(19)22(25-21(26-23)18-6-7-18)28-11-8-16(9-12-28)14-29-13-10-24-27-29/h1-5,10,13,15-16,18H,6-9,11-12,14H2. The maximum atomic E-state index is 5.14. The van der Waals surface area contributed by atoms with Gasteiger partial charge < -0.3 is 4.90 Å². The lowest BCUT2D eigenvalue weighted by Crippen LogP contribution is -2.36. The van der Waals surface area contributed by atoms with Crippen LogP contribution < -0.4 is 4.90 Å². The molecule has 0 N–H and O–H groups in total. The van der Waals surface area contributed by atoms with Crippen LogP contribution in [0.5, 0.6) is 0 Å². The lowest BCUT2D eigenvalue weighted by molar-refractivity contribution is 0.338. The molecule has 152 valence electrons. The van der Waals surface area contributed by atoms with Gasteiger partial charge in [0.2, 0.25) is 0 Å². The molecule has 3 aromatic heterocycles. The fraction of sp³-hybridized carbons (Fsp3) is 0.391. The van der Waals surface area contributed by atoms with Crippen molar-refractivity contribution in [2.75, 3.05) is 18.0 Å². The molecule has 2 aliphatic rings. The van der Waals surface area contributed by atoms with Gasteiger partial charge in [-0.1, -0.05) is 35.5 Å². The summed E-state index contributed by atoms with van der Waals surface area (Å²) in [6.07, 6.45) is 8.46. The maximum Gasteiger partial charge on any atom is 0.141 e. The first-order chi connectivity index (χ1) is 14.8. The van der Waals surface area contributed by atoms with E-state index < -0.39 is 0 Å². The highest BCUT2D eigenvalue weighted by Gasteiger charge is 2.30. The van der Waals surface area contributed by atoms with Gasteiger partial charge in [-0.05, 0) is 37.2 Å².